The van der Waals surface area contributed by atoms with E-state index < -0.39 is 28.4 Å². The summed E-state index contributed by atoms with van der Waals surface area (Å²) in [4.78, 5) is 22.9. The zero-order valence-corrected chi connectivity index (χ0v) is 9.96. The molecule has 0 atom stereocenters. The van der Waals surface area contributed by atoms with Gasteiger partial charge in [0.05, 0.1) is 6.20 Å². The molecule has 0 fully saturated rings. The quantitative estimate of drug-likeness (QED) is 0.286. The van der Waals surface area contributed by atoms with Gasteiger partial charge in [0.2, 0.25) is 11.5 Å². The van der Waals surface area contributed by atoms with Crippen molar-refractivity contribution in [2.24, 2.45) is 0 Å². The van der Waals surface area contributed by atoms with E-state index in [4.69, 9.17) is 10.2 Å². The van der Waals surface area contributed by atoms with Crippen LogP contribution in [0.5, 0.6) is 0 Å². The van der Waals surface area contributed by atoms with Crippen LogP contribution in [0, 0.1) is 0 Å². The maximum Gasteiger partial charge on any atom is 0.371 e. The van der Waals surface area contributed by atoms with Gasteiger partial charge >= 0.3 is 5.97 Å². The Balaban J connectivity index is 2.29. The van der Waals surface area contributed by atoms with E-state index in [1.165, 1.54) is 6.20 Å². The number of thiol groups is 1. The molecule has 18 heavy (non-hydrogen) atoms. The molecule has 2 rings (SSSR count). The summed E-state index contributed by atoms with van der Waals surface area (Å²) in [5, 5.41) is 27.7. The minimum absolute atomic E-state index is 0.199. The first kappa shape index (κ1) is 12.2. The minimum Gasteiger partial charge on any atom is -0.502 e. The summed E-state index contributed by atoms with van der Waals surface area (Å²) in [5.74, 6) is -3.15. The number of rotatable bonds is 4. The number of nitrogens with one attached hydrogen (secondary N) is 1. The number of aliphatic hydroxyl groups is 1. The molecule has 1 aromatic heterocycles. The Bertz CT molecular complexity index is 574. The first-order valence-electron chi connectivity index (χ1n) is 4.94. The highest BCUT2D eigenvalue weighted by atomic mass is 32.2. The van der Waals surface area contributed by atoms with E-state index in [1.807, 2.05) is 23.0 Å². The van der Waals surface area contributed by atoms with E-state index in [1.54, 1.807) is 0 Å². The van der Waals surface area contributed by atoms with Crippen molar-refractivity contribution in [2.45, 2.75) is 4.90 Å². The zero-order valence-electron chi connectivity index (χ0n) is 9.07. The van der Waals surface area contributed by atoms with Crippen molar-refractivity contribution in [3.8, 4) is 0 Å². The molecule has 0 aromatic carbocycles. The number of aromatic amines is 1. The summed E-state index contributed by atoms with van der Waals surface area (Å²) in [6, 6.07) is 0. The number of aliphatic hydroxyl groups excluding tert-OH is 1. The van der Waals surface area contributed by atoms with Gasteiger partial charge in [0.25, 0.3) is 0 Å². The average molecular weight is 266 g/mol. The van der Waals surface area contributed by atoms with Crippen LogP contribution in [0.2, 0.25) is 0 Å². The third-order valence-corrected chi connectivity index (χ3v) is 4.12. The fourth-order valence-electron chi connectivity index (χ4n) is 1.41. The van der Waals surface area contributed by atoms with Gasteiger partial charge in [0.15, 0.2) is 0 Å². The predicted molar refractivity (Wildman–Crippen MR) is 66.8 cm³/mol. The number of carbonyl (C=O) groups is 2. The topological polar surface area (TPSA) is 103 Å². The number of aliphatic carboxylic acids is 1. The summed E-state index contributed by atoms with van der Waals surface area (Å²) in [6.45, 7) is 0. The molecule has 0 saturated carbocycles. The summed E-state index contributed by atoms with van der Waals surface area (Å²) >= 11 is 0. The minimum atomic E-state index is -1.55. The number of hydrogen-bond donors (Lipinski definition) is 4. The van der Waals surface area contributed by atoms with Crippen molar-refractivity contribution in [1.29, 1.82) is 0 Å². The summed E-state index contributed by atoms with van der Waals surface area (Å²) in [5.41, 5.74) is 0.199. The fourth-order valence-corrected chi connectivity index (χ4v) is 3.01. The highest BCUT2D eigenvalue weighted by molar-refractivity contribution is 8.22. The normalized spacial score (nSPS) is 16.2. The number of carboxylic acids is 1. The average Bonchev–Trinajstić information content (AvgIpc) is 2.99. The molecule has 0 bridgehead atoms. The molecule has 2 heterocycles. The van der Waals surface area contributed by atoms with Crippen molar-refractivity contribution in [3.63, 3.8) is 0 Å². The van der Waals surface area contributed by atoms with Gasteiger partial charge in [-0.2, -0.15) is 16.0 Å². The first-order chi connectivity index (χ1) is 8.59. The largest absolute Gasteiger partial charge is 0.502 e. The van der Waals surface area contributed by atoms with Crippen LogP contribution in [-0.2, 0) is 4.79 Å². The van der Waals surface area contributed by atoms with Crippen LogP contribution in [0.15, 0.2) is 45.9 Å². The highest BCUT2D eigenvalue weighted by Crippen LogP contribution is 2.43. The van der Waals surface area contributed by atoms with E-state index in [-0.39, 0.29) is 5.69 Å². The number of ketones is 1. The fraction of sp³-hybridized carbons (Fsp3) is 0. The number of carboxylic acid groups (broad SMARTS) is 1. The number of carbonyl (C=O) groups excluding carboxylic acids is 1. The Hall–Kier alpha value is -2.28. The van der Waals surface area contributed by atoms with Gasteiger partial charge < -0.3 is 10.2 Å². The second-order valence-electron chi connectivity index (χ2n) is 3.42. The van der Waals surface area contributed by atoms with E-state index in [0.29, 0.717) is 11.0 Å². The highest BCUT2D eigenvalue weighted by Gasteiger charge is 2.18. The van der Waals surface area contributed by atoms with Crippen molar-refractivity contribution in [3.05, 3.63) is 46.7 Å². The lowest BCUT2D eigenvalue weighted by molar-refractivity contribution is -0.135. The third kappa shape index (κ3) is 2.35. The van der Waals surface area contributed by atoms with Gasteiger partial charge in [0.1, 0.15) is 5.69 Å². The van der Waals surface area contributed by atoms with Gasteiger partial charge in [-0.3, -0.25) is 9.89 Å². The molecule has 1 aliphatic heterocycles. The van der Waals surface area contributed by atoms with E-state index in [9.17, 15) is 9.59 Å². The smallest absolute Gasteiger partial charge is 0.371 e. The molecule has 6 nitrogen and oxygen atoms in total. The molecule has 3 N–H and O–H groups in total. The van der Waals surface area contributed by atoms with E-state index in [0.717, 1.165) is 0 Å². The van der Waals surface area contributed by atoms with Crippen molar-refractivity contribution in [1.82, 2.24) is 10.2 Å². The van der Waals surface area contributed by atoms with Crippen LogP contribution >= 0.6 is 10.9 Å². The van der Waals surface area contributed by atoms with Crippen molar-refractivity contribution < 1.29 is 19.8 Å². The Morgan fingerprint density at radius 1 is 1.28 bits per heavy atom. The molecule has 0 amide bonds. The monoisotopic (exact) mass is 266 g/mol. The van der Waals surface area contributed by atoms with Crippen LogP contribution in [0.4, 0.5) is 0 Å². The maximum absolute atomic E-state index is 11.8. The lowest BCUT2D eigenvalue weighted by Gasteiger charge is -2.08. The molecule has 0 spiro atoms. The third-order valence-electron chi connectivity index (χ3n) is 2.24. The summed E-state index contributed by atoms with van der Waals surface area (Å²) in [6.07, 6.45) is 5.94. The zero-order chi connectivity index (χ0) is 13.1. The molecular formula is C11H10N2O4S. The number of nitrogens with zero attached hydrogens (tertiary/aromatic N) is 1. The molecule has 1 aliphatic rings. The number of allylic oxidation sites excluding steroid dienone is 3. The second-order valence-corrected chi connectivity index (χ2v) is 5.31. The Morgan fingerprint density at radius 3 is 2.56 bits per heavy atom. The van der Waals surface area contributed by atoms with E-state index in [2.05, 4.69) is 10.2 Å². The van der Waals surface area contributed by atoms with Gasteiger partial charge in [-0.05, 0) is 10.8 Å². The SMILES string of the molecule is O=C(O)C(O)=CC(=O)c1[nH]ncc1[SH]1C=CC=C1. The summed E-state index contributed by atoms with van der Waals surface area (Å²) < 4.78 is 0. The van der Waals surface area contributed by atoms with Crippen molar-refractivity contribution >= 4 is 22.6 Å². The van der Waals surface area contributed by atoms with Crippen LogP contribution in [0.3, 0.4) is 0 Å². The van der Waals surface area contributed by atoms with Crippen LogP contribution < -0.4 is 0 Å². The Labute approximate surface area is 105 Å². The number of H-pyrrole nitrogens is 1. The molecule has 7 heteroatoms. The lowest BCUT2D eigenvalue weighted by atomic mass is 10.2. The van der Waals surface area contributed by atoms with Gasteiger partial charge in [-0.15, -0.1) is 0 Å². The Morgan fingerprint density at radius 2 is 1.94 bits per heavy atom. The molecule has 0 radical (unpaired) electrons. The van der Waals surface area contributed by atoms with Gasteiger partial charge in [-0.25, -0.2) is 4.79 Å². The molecular weight excluding hydrogens is 256 g/mol. The van der Waals surface area contributed by atoms with Gasteiger partial charge in [0, 0.05) is 11.0 Å². The predicted octanol–water partition coefficient (Wildman–Crippen LogP) is 1.52. The molecule has 0 aliphatic carbocycles. The number of aromatic nitrogens is 2. The van der Waals surface area contributed by atoms with E-state index >= 15 is 0 Å². The first-order valence-corrected chi connectivity index (χ1v) is 6.42. The van der Waals surface area contributed by atoms with Crippen LogP contribution in [0.25, 0.3) is 0 Å². The molecule has 94 valence electrons. The molecule has 1 aromatic rings. The molecule has 0 saturated heterocycles. The van der Waals surface area contributed by atoms with Crippen molar-refractivity contribution in [2.75, 3.05) is 0 Å². The standard InChI is InChI=1S/C11H10N2O4S/c14-7(5-8(15)11(16)17)10-9(6-12-13-10)18-3-1-2-4-18/h1-6,15,18H,(H,12,13)(H,16,17). The Kier molecular flexibility index (Phi) is 3.33. The lowest BCUT2D eigenvalue weighted by Crippen LogP contribution is -2.05. The van der Waals surface area contributed by atoms with Crippen LogP contribution in [0.1, 0.15) is 10.5 Å². The van der Waals surface area contributed by atoms with Gasteiger partial charge in [-0.1, -0.05) is 12.2 Å². The summed E-state index contributed by atoms with van der Waals surface area (Å²) in [7, 11) is -0.731. The molecule has 0 unspecified atom stereocenters. The maximum atomic E-state index is 11.8. The van der Waals surface area contributed by atoms with Crippen LogP contribution in [-0.4, -0.2) is 32.2 Å². The number of hydrogen-bond acceptors (Lipinski definition) is 4. The second kappa shape index (κ2) is 4.92.